The van der Waals surface area contributed by atoms with E-state index >= 15 is 0 Å². The number of hydrogen-bond acceptors (Lipinski definition) is 1. The van der Waals surface area contributed by atoms with Crippen molar-refractivity contribution in [2.75, 3.05) is 0 Å². The van der Waals surface area contributed by atoms with E-state index in [0.717, 1.165) is 16.9 Å². The van der Waals surface area contributed by atoms with Gasteiger partial charge in [0, 0.05) is 38.4 Å². The Labute approximate surface area is 256 Å². The maximum Gasteiger partial charge on any atom is 0.494 e. The van der Waals surface area contributed by atoms with E-state index in [0.29, 0.717) is 6.04 Å². The summed E-state index contributed by atoms with van der Waals surface area (Å²) in [6.07, 6.45) is 1.87. The van der Waals surface area contributed by atoms with Crippen molar-refractivity contribution >= 4 is 23.1 Å². The number of aromatic nitrogens is 1. The molecule has 205 valence electrons. The van der Waals surface area contributed by atoms with Crippen molar-refractivity contribution in [3.63, 3.8) is 0 Å². The quantitative estimate of drug-likeness (QED) is 0.135. The molecule has 7 rings (SSSR count). The smallest absolute Gasteiger partial charge is 0.304 e. The van der Waals surface area contributed by atoms with E-state index in [9.17, 15) is 0 Å². The topological polar surface area (TPSA) is 18.9 Å². The molecule has 0 atom stereocenters. The third kappa shape index (κ3) is 5.16. The summed E-state index contributed by atoms with van der Waals surface area (Å²) < 4.78 is 4.42. The first kappa shape index (κ1) is 28.6. The minimum absolute atomic E-state index is 0. The average molecular weight is 712 g/mol. The Morgan fingerprint density at radius 3 is 2.22 bits per heavy atom. The zero-order valence-corrected chi connectivity index (χ0v) is 26.5. The Morgan fingerprint density at radius 2 is 1.51 bits per heavy atom. The molecule has 5 aromatic rings. The van der Waals surface area contributed by atoms with Crippen LogP contribution in [-0.4, -0.2) is 21.6 Å². The number of aryl methyl sites for hydroxylation is 1. The van der Waals surface area contributed by atoms with E-state index in [1.165, 1.54) is 39.2 Å². The van der Waals surface area contributed by atoms with Crippen LogP contribution >= 0.6 is 0 Å². The molecule has 1 aliphatic carbocycles. The molecule has 2 heterocycles. The molecule has 0 amide bonds. The van der Waals surface area contributed by atoms with Gasteiger partial charge >= 0.3 is 6.01 Å². The van der Waals surface area contributed by atoms with Crippen LogP contribution in [0.25, 0.3) is 22.4 Å². The summed E-state index contributed by atoms with van der Waals surface area (Å²) >= 11 is 0. The van der Waals surface area contributed by atoms with E-state index in [4.69, 9.17) is 0 Å². The molecule has 0 unspecified atom stereocenters. The molecule has 0 N–H and O–H groups in total. The molecule has 0 spiro atoms. The summed E-state index contributed by atoms with van der Waals surface area (Å²) in [5.41, 5.74) is 12.0. The molecule has 1 aliphatic heterocycles. The zero-order valence-electron chi connectivity index (χ0n) is 24.1. The molecule has 0 saturated heterocycles. The summed E-state index contributed by atoms with van der Waals surface area (Å²) in [7, 11) is 0. The van der Waals surface area contributed by atoms with E-state index < -0.39 is 0 Å². The van der Waals surface area contributed by atoms with Crippen LogP contribution in [0.4, 0.5) is 17.1 Å². The first-order valence-electron chi connectivity index (χ1n) is 13.9. The second-order valence-corrected chi connectivity index (χ2v) is 11.2. The van der Waals surface area contributed by atoms with Crippen LogP contribution in [0.3, 0.4) is 0 Å². The van der Waals surface area contributed by atoms with Crippen molar-refractivity contribution in [3.05, 3.63) is 132 Å². The summed E-state index contributed by atoms with van der Waals surface area (Å²) in [4.78, 5) is 4.32. The Bertz CT molecular complexity index is 1780. The Balaban J connectivity index is 0.000000204. The summed E-state index contributed by atoms with van der Waals surface area (Å²) in [5.74, 6) is 0. The van der Waals surface area contributed by atoms with Crippen LogP contribution in [0.2, 0.25) is 0 Å². The Kier molecular flexibility index (Phi) is 8.02. The number of rotatable bonds is 3. The van der Waals surface area contributed by atoms with Crippen LogP contribution in [-0.2, 0) is 25.5 Å². The fourth-order valence-corrected chi connectivity index (χ4v) is 5.73. The molecule has 0 saturated carbocycles. The SMILES string of the molecule is CC(C)[N+]1=C=[N+](c2[c-]ccc3c2C(C)(C)c2ccccc2-3)c2ccccc21.Cc1ccc(-c2[c-]cccc2)nc1.[Ir]. The number of fused-ring (bicyclic) bond motifs is 4. The van der Waals surface area contributed by atoms with Crippen molar-refractivity contribution in [3.8, 4) is 22.4 Å². The number of benzene rings is 4. The van der Waals surface area contributed by atoms with Gasteiger partial charge in [0.1, 0.15) is 5.69 Å². The average Bonchev–Trinajstić information content (AvgIpc) is 3.48. The van der Waals surface area contributed by atoms with Gasteiger partial charge in [-0.15, -0.1) is 47.5 Å². The number of pyridine rings is 1. The van der Waals surface area contributed by atoms with Gasteiger partial charge in [-0.3, -0.25) is 0 Å². The van der Waals surface area contributed by atoms with Gasteiger partial charge in [0.05, 0.1) is 0 Å². The van der Waals surface area contributed by atoms with Crippen molar-refractivity contribution < 1.29 is 24.7 Å². The number of hydrogen-bond donors (Lipinski definition) is 0. The second-order valence-electron chi connectivity index (χ2n) is 11.2. The third-order valence-corrected chi connectivity index (χ3v) is 7.72. The number of nitrogens with zero attached hydrogens (tertiary/aromatic N) is 3. The number of para-hydroxylation sites is 2. The molecule has 41 heavy (non-hydrogen) atoms. The van der Waals surface area contributed by atoms with Crippen LogP contribution in [0.15, 0.2) is 103 Å². The second kappa shape index (κ2) is 11.5. The van der Waals surface area contributed by atoms with Gasteiger partial charge < -0.3 is 4.98 Å². The van der Waals surface area contributed by atoms with E-state index in [1.807, 2.05) is 43.5 Å². The van der Waals surface area contributed by atoms with Crippen molar-refractivity contribution in [1.29, 1.82) is 0 Å². The molecule has 0 fully saturated rings. The van der Waals surface area contributed by atoms with Gasteiger partial charge in [-0.2, -0.15) is 12.1 Å². The summed E-state index contributed by atoms with van der Waals surface area (Å²) in [6, 6.07) is 44.1. The normalized spacial score (nSPS) is 13.6. The molecule has 3 nitrogen and oxygen atoms in total. The van der Waals surface area contributed by atoms with Crippen molar-refractivity contribution in [2.24, 2.45) is 0 Å². The molecule has 1 aromatic heterocycles. The van der Waals surface area contributed by atoms with Crippen LogP contribution < -0.4 is 4.58 Å². The molecule has 2 aliphatic rings. The molecular weight excluding hydrogens is 679 g/mol. The summed E-state index contributed by atoms with van der Waals surface area (Å²) in [6.45, 7) is 11.1. The van der Waals surface area contributed by atoms with Gasteiger partial charge in [0.25, 0.3) is 11.4 Å². The Morgan fingerprint density at radius 1 is 0.780 bits per heavy atom. The van der Waals surface area contributed by atoms with Gasteiger partial charge in [-0.25, -0.2) is 0 Å². The largest absolute Gasteiger partial charge is 0.494 e. The monoisotopic (exact) mass is 712 g/mol. The van der Waals surface area contributed by atoms with Crippen LogP contribution in [0.5, 0.6) is 0 Å². The fraction of sp³-hybridized carbons (Fsp3) is 0.189. The first-order chi connectivity index (χ1) is 19.4. The third-order valence-electron chi connectivity index (χ3n) is 7.72. The van der Waals surface area contributed by atoms with Crippen LogP contribution in [0, 0.1) is 19.1 Å². The zero-order chi connectivity index (χ0) is 27.9. The van der Waals surface area contributed by atoms with E-state index in [-0.39, 0.29) is 25.5 Å². The predicted molar refractivity (Wildman–Crippen MR) is 164 cm³/mol. The minimum Gasteiger partial charge on any atom is -0.304 e. The fourth-order valence-electron chi connectivity index (χ4n) is 5.73. The van der Waals surface area contributed by atoms with Gasteiger partial charge in [0.2, 0.25) is 0 Å². The van der Waals surface area contributed by atoms with Crippen molar-refractivity contribution in [2.45, 2.75) is 46.1 Å². The first-order valence-corrected chi connectivity index (χ1v) is 13.9. The van der Waals surface area contributed by atoms with Gasteiger partial charge in [0.15, 0.2) is 6.04 Å². The van der Waals surface area contributed by atoms with Crippen LogP contribution in [0.1, 0.15) is 44.4 Å². The molecule has 4 heteroatoms. The predicted octanol–water partition coefficient (Wildman–Crippen LogP) is 8.72. The Hall–Kier alpha value is -3.94. The molecular formula is C37H33IrN3. The van der Waals surface area contributed by atoms with Crippen molar-refractivity contribution in [1.82, 2.24) is 9.56 Å². The minimum atomic E-state index is -0.0686. The molecule has 0 bridgehead atoms. The van der Waals surface area contributed by atoms with E-state index in [1.54, 1.807) is 0 Å². The molecule has 4 aromatic carbocycles. The van der Waals surface area contributed by atoms with E-state index in [2.05, 4.69) is 127 Å². The standard InChI is InChI=1S/C25H23N2.C12H10N.Ir/c1-17(2)26-16-27(22-14-8-7-13-21(22)26)23-15-9-11-19-18-10-5-6-12-20(18)25(3,4)24(19)23;1-10-7-8-12(13-9-10)11-5-3-2-4-6-11;/h5-14,17H,1-4H3;2-5,7-9H,1H3;/q+1;-1;. The maximum atomic E-state index is 4.32. The maximum absolute atomic E-state index is 4.32. The van der Waals surface area contributed by atoms with Gasteiger partial charge in [-0.05, 0) is 48.6 Å². The van der Waals surface area contributed by atoms with Gasteiger partial charge in [-0.1, -0.05) is 77.1 Å². The molecule has 1 radical (unpaired) electrons. The summed E-state index contributed by atoms with van der Waals surface area (Å²) in [5, 5.41) is 0.